The van der Waals surface area contributed by atoms with Crippen LogP contribution in [0.2, 0.25) is 0 Å². The predicted octanol–water partition coefficient (Wildman–Crippen LogP) is 7.55. The number of aromatic nitrogens is 4. The molecule has 0 atom stereocenters. The molecule has 4 nitrogen and oxygen atoms in total. The maximum atomic E-state index is 4.86. The summed E-state index contributed by atoms with van der Waals surface area (Å²) in [5.74, 6) is 1.67. The van der Waals surface area contributed by atoms with Crippen molar-refractivity contribution in [3.05, 3.63) is 81.0 Å². The highest BCUT2D eigenvalue weighted by Crippen LogP contribution is 2.39. The topological polar surface area (TPSA) is 43.6 Å². The number of hydrogen-bond acceptors (Lipinski definition) is 6. The number of benzene rings is 2. The molecule has 0 fully saturated rings. The van der Waals surface area contributed by atoms with Gasteiger partial charge in [-0.1, -0.05) is 65.9 Å². The highest BCUT2D eigenvalue weighted by molar-refractivity contribution is 7.98. The molecule has 5 rings (SSSR count). The van der Waals surface area contributed by atoms with Gasteiger partial charge < -0.3 is 4.57 Å². The molecule has 0 unspecified atom stereocenters. The average molecular weight is 489 g/mol. The molecular formula is C26H24N4S3. The van der Waals surface area contributed by atoms with Crippen molar-refractivity contribution in [1.82, 2.24) is 19.7 Å². The Hall–Kier alpha value is -2.74. The molecule has 3 aromatic heterocycles. The predicted molar refractivity (Wildman–Crippen MR) is 141 cm³/mol. The van der Waals surface area contributed by atoms with Gasteiger partial charge >= 0.3 is 0 Å². The minimum absolute atomic E-state index is 0.766. The van der Waals surface area contributed by atoms with Gasteiger partial charge in [0.25, 0.3) is 0 Å². The van der Waals surface area contributed by atoms with Crippen molar-refractivity contribution in [3.8, 4) is 33.1 Å². The van der Waals surface area contributed by atoms with E-state index in [1.165, 1.54) is 32.7 Å². The molecule has 0 saturated heterocycles. The van der Waals surface area contributed by atoms with Crippen molar-refractivity contribution in [2.24, 2.45) is 7.05 Å². The third-order valence-corrected chi connectivity index (χ3v) is 8.56. The first-order chi connectivity index (χ1) is 16.0. The second-order valence-electron chi connectivity index (χ2n) is 8.06. The first-order valence-electron chi connectivity index (χ1n) is 10.7. The summed E-state index contributed by atoms with van der Waals surface area (Å²) in [7, 11) is 2.05. The van der Waals surface area contributed by atoms with Crippen LogP contribution >= 0.6 is 34.4 Å². The van der Waals surface area contributed by atoms with E-state index in [-0.39, 0.29) is 0 Å². The number of thiophene rings is 1. The first-order valence-corrected chi connectivity index (χ1v) is 13.4. The maximum absolute atomic E-state index is 4.86. The number of rotatable bonds is 6. The summed E-state index contributed by atoms with van der Waals surface area (Å²) in [6.07, 6.45) is 0. The van der Waals surface area contributed by atoms with Crippen LogP contribution in [-0.4, -0.2) is 19.7 Å². The van der Waals surface area contributed by atoms with Gasteiger partial charge in [-0.15, -0.1) is 32.9 Å². The van der Waals surface area contributed by atoms with Crippen LogP contribution in [0.3, 0.4) is 0 Å². The lowest BCUT2D eigenvalue weighted by molar-refractivity contribution is 0.794. The highest BCUT2D eigenvalue weighted by Gasteiger charge is 2.19. The zero-order valence-corrected chi connectivity index (χ0v) is 21.4. The fourth-order valence-electron chi connectivity index (χ4n) is 3.82. The van der Waals surface area contributed by atoms with Gasteiger partial charge in [-0.3, -0.25) is 0 Å². The van der Waals surface area contributed by atoms with E-state index < -0.39 is 0 Å². The van der Waals surface area contributed by atoms with Crippen molar-refractivity contribution in [3.63, 3.8) is 0 Å². The summed E-state index contributed by atoms with van der Waals surface area (Å²) >= 11 is 5.13. The Kier molecular flexibility index (Phi) is 6.19. The molecule has 0 N–H and O–H groups in total. The molecule has 0 radical (unpaired) electrons. The van der Waals surface area contributed by atoms with Crippen LogP contribution in [0.5, 0.6) is 0 Å². The van der Waals surface area contributed by atoms with Gasteiger partial charge in [0.2, 0.25) is 0 Å². The van der Waals surface area contributed by atoms with Crippen LogP contribution in [-0.2, 0) is 12.8 Å². The summed E-state index contributed by atoms with van der Waals surface area (Å²) in [4.78, 5) is 6.15. The molecule has 3 heterocycles. The molecule has 2 aromatic carbocycles. The van der Waals surface area contributed by atoms with Gasteiger partial charge in [0, 0.05) is 45.1 Å². The largest absolute Gasteiger partial charge is 0.305 e. The number of thioether (sulfide) groups is 1. The van der Waals surface area contributed by atoms with Crippen LogP contribution < -0.4 is 0 Å². The van der Waals surface area contributed by atoms with Gasteiger partial charge in [-0.25, -0.2) is 4.98 Å². The van der Waals surface area contributed by atoms with Crippen LogP contribution in [0.1, 0.15) is 21.7 Å². The molecule has 0 amide bonds. The minimum Gasteiger partial charge on any atom is -0.305 e. The quantitative estimate of drug-likeness (QED) is 0.231. The summed E-state index contributed by atoms with van der Waals surface area (Å²) in [5, 5.41) is 15.4. The van der Waals surface area contributed by atoms with Crippen LogP contribution in [0.25, 0.3) is 33.1 Å². The van der Waals surface area contributed by atoms with E-state index in [1.54, 1.807) is 34.4 Å². The smallest absolute Gasteiger partial charge is 0.191 e. The van der Waals surface area contributed by atoms with E-state index in [0.29, 0.717) is 0 Å². The Balaban J connectivity index is 1.37. The van der Waals surface area contributed by atoms with Crippen LogP contribution in [0.4, 0.5) is 0 Å². The van der Waals surface area contributed by atoms with Gasteiger partial charge in [0.15, 0.2) is 11.0 Å². The van der Waals surface area contributed by atoms with E-state index in [0.717, 1.165) is 33.0 Å². The Bertz CT molecular complexity index is 1410. The standard InChI is InChI=1S/C26H24N4S3/c1-16-9-11-19(12-10-16)23-18(3)31-15-22(23)24-28-29-26(30(24)4)33-14-20-13-32-25(27-20)21-8-6-5-7-17(21)2/h5-13,15H,14H2,1-4H3. The van der Waals surface area contributed by atoms with Crippen molar-refractivity contribution in [2.45, 2.75) is 31.7 Å². The number of aryl methyl sites for hydroxylation is 3. The molecule has 0 aliphatic heterocycles. The van der Waals surface area contributed by atoms with E-state index >= 15 is 0 Å². The van der Waals surface area contributed by atoms with Crippen LogP contribution in [0, 0.1) is 20.8 Å². The SMILES string of the molecule is Cc1ccc(-c2c(-c3nnc(SCc4csc(-c5ccccc5C)n4)n3C)csc2C)cc1. The second kappa shape index (κ2) is 9.25. The third kappa shape index (κ3) is 4.40. The average Bonchev–Trinajstić information content (AvgIpc) is 3.52. The minimum atomic E-state index is 0.766. The third-order valence-electron chi connectivity index (χ3n) is 5.67. The summed E-state index contributed by atoms with van der Waals surface area (Å²) < 4.78 is 2.10. The summed E-state index contributed by atoms with van der Waals surface area (Å²) in [6.45, 7) is 6.41. The van der Waals surface area contributed by atoms with Gasteiger partial charge in [-0.05, 0) is 31.9 Å². The fourth-order valence-corrected chi connectivity index (χ4v) is 6.50. The lowest BCUT2D eigenvalue weighted by Gasteiger charge is -2.07. The van der Waals surface area contributed by atoms with Gasteiger partial charge in [-0.2, -0.15) is 0 Å². The lowest BCUT2D eigenvalue weighted by atomic mass is 10.0. The highest BCUT2D eigenvalue weighted by atomic mass is 32.2. The zero-order valence-electron chi connectivity index (χ0n) is 19.0. The Morgan fingerprint density at radius 2 is 1.67 bits per heavy atom. The monoisotopic (exact) mass is 488 g/mol. The number of hydrogen-bond donors (Lipinski definition) is 0. The van der Waals surface area contributed by atoms with E-state index in [9.17, 15) is 0 Å². The molecule has 0 bridgehead atoms. The van der Waals surface area contributed by atoms with Crippen molar-refractivity contribution >= 4 is 34.4 Å². The Morgan fingerprint density at radius 3 is 2.45 bits per heavy atom. The Morgan fingerprint density at radius 1 is 0.879 bits per heavy atom. The normalized spacial score (nSPS) is 11.3. The molecule has 166 valence electrons. The Labute approximate surface area is 206 Å². The van der Waals surface area contributed by atoms with Crippen molar-refractivity contribution in [1.29, 1.82) is 0 Å². The molecule has 0 saturated carbocycles. The molecular weight excluding hydrogens is 465 g/mol. The van der Waals surface area contributed by atoms with Gasteiger partial charge in [0.05, 0.1) is 5.69 Å². The van der Waals surface area contributed by atoms with Crippen LogP contribution in [0.15, 0.2) is 64.4 Å². The van der Waals surface area contributed by atoms with Crippen molar-refractivity contribution in [2.75, 3.05) is 0 Å². The van der Waals surface area contributed by atoms with E-state index in [2.05, 4.69) is 94.8 Å². The molecule has 0 aliphatic carbocycles. The van der Waals surface area contributed by atoms with E-state index in [4.69, 9.17) is 4.98 Å². The first kappa shape index (κ1) is 22.1. The molecule has 5 aromatic rings. The lowest BCUT2D eigenvalue weighted by Crippen LogP contribution is -1.96. The number of thiazole rings is 1. The summed E-state index contributed by atoms with van der Waals surface area (Å²) in [5.41, 5.74) is 8.39. The summed E-state index contributed by atoms with van der Waals surface area (Å²) in [6, 6.07) is 17.1. The molecule has 7 heteroatoms. The fraction of sp³-hybridized carbons (Fsp3) is 0.192. The molecule has 0 spiro atoms. The molecule has 33 heavy (non-hydrogen) atoms. The zero-order chi connectivity index (χ0) is 22.9. The van der Waals surface area contributed by atoms with E-state index in [1.807, 2.05) is 7.05 Å². The number of nitrogens with zero attached hydrogens (tertiary/aromatic N) is 4. The van der Waals surface area contributed by atoms with Gasteiger partial charge in [0.1, 0.15) is 5.01 Å². The second-order valence-corrected chi connectivity index (χ2v) is 10.9. The maximum Gasteiger partial charge on any atom is 0.191 e. The van der Waals surface area contributed by atoms with Crippen molar-refractivity contribution < 1.29 is 0 Å². The molecule has 0 aliphatic rings.